The van der Waals surface area contributed by atoms with Crippen LogP contribution in [0.15, 0.2) is 53.7 Å². The van der Waals surface area contributed by atoms with Crippen LogP contribution in [0.1, 0.15) is 6.92 Å². The lowest BCUT2D eigenvalue weighted by atomic mass is 10.2. The first-order valence-corrected chi connectivity index (χ1v) is 11.0. The van der Waals surface area contributed by atoms with E-state index in [2.05, 4.69) is 25.7 Å². The van der Waals surface area contributed by atoms with Gasteiger partial charge in [-0.05, 0) is 43.3 Å². The average molecular weight is 459 g/mol. The fourth-order valence-corrected chi connectivity index (χ4v) is 4.36. The number of aromatic nitrogens is 5. The van der Waals surface area contributed by atoms with Gasteiger partial charge in [0.1, 0.15) is 16.6 Å². The summed E-state index contributed by atoms with van der Waals surface area (Å²) in [4.78, 5) is 12.3. The summed E-state index contributed by atoms with van der Waals surface area (Å²) in [5.74, 6) is -0.330. The number of carbonyl (C=O) groups is 1. The molecule has 1 N–H and O–H groups in total. The van der Waals surface area contributed by atoms with Gasteiger partial charge in [-0.1, -0.05) is 35.2 Å². The van der Waals surface area contributed by atoms with Gasteiger partial charge >= 0.3 is 0 Å². The summed E-state index contributed by atoms with van der Waals surface area (Å²) in [6, 6.07) is 12.0. The fraction of sp³-hybridized carbons (Fsp3) is 0.150. The van der Waals surface area contributed by atoms with Crippen LogP contribution in [-0.2, 0) is 11.3 Å². The predicted molar refractivity (Wildman–Crippen MR) is 116 cm³/mol. The molecule has 31 heavy (non-hydrogen) atoms. The Morgan fingerprint density at radius 2 is 1.84 bits per heavy atom. The van der Waals surface area contributed by atoms with Crippen LogP contribution in [0.5, 0.6) is 0 Å². The number of thioether (sulfide) groups is 1. The first-order chi connectivity index (χ1) is 15.0. The van der Waals surface area contributed by atoms with Crippen molar-refractivity contribution in [1.82, 2.24) is 25.0 Å². The average Bonchev–Trinajstić information content (AvgIpc) is 3.39. The van der Waals surface area contributed by atoms with Gasteiger partial charge in [0.05, 0.1) is 5.75 Å². The Hall–Kier alpha value is -3.18. The molecule has 0 saturated carbocycles. The largest absolute Gasteiger partial charge is 0.302 e. The van der Waals surface area contributed by atoms with Crippen molar-refractivity contribution in [2.45, 2.75) is 18.6 Å². The molecule has 2 aromatic heterocycles. The zero-order valence-corrected chi connectivity index (χ0v) is 17.9. The highest BCUT2D eigenvalue weighted by molar-refractivity contribution is 7.99. The van der Waals surface area contributed by atoms with E-state index in [0.29, 0.717) is 33.2 Å². The topological polar surface area (TPSA) is 85.6 Å². The molecule has 0 spiro atoms. The lowest BCUT2D eigenvalue weighted by molar-refractivity contribution is -0.113. The predicted octanol–water partition coefficient (Wildman–Crippen LogP) is 4.49. The first-order valence-electron chi connectivity index (χ1n) is 9.24. The van der Waals surface area contributed by atoms with E-state index in [1.807, 2.05) is 11.5 Å². The number of carbonyl (C=O) groups excluding carboxylic acids is 1. The maximum Gasteiger partial charge on any atom is 0.236 e. The van der Waals surface area contributed by atoms with Crippen LogP contribution in [0.2, 0.25) is 0 Å². The molecule has 0 radical (unpaired) electrons. The Labute approximate surface area is 184 Å². The second-order valence-electron chi connectivity index (χ2n) is 6.32. The Morgan fingerprint density at radius 3 is 2.58 bits per heavy atom. The van der Waals surface area contributed by atoms with Crippen LogP contribution >= 0.6 is 23.1 Å². The molecule has 11 heteroatoms. The van der Waals surface area contributed by atoms with Gasteiger partial charge in [-0.25, -0.2) is 8.78 Å². The van der Waals surface area contributed by atoms with Crippen LogP contribution < -0.4 is 5.32 Å². The van der Waals surface area contributed by atoms with E-state index in [0.717, 1.165) is 5.56 Å². The molecule has 0 unspecified atom stereocenters. The maximum absolute atomic E-state index is 13.5. The number of amides is 1. The zero-order chi connectivity index (χ0) is 21.8. The fourth-order valence-electron chi connectivity index (χ4n) is 2.79. The maximum atomic E-state index is 13.5. The molecule has 0 aliphatic rings. The van der Waals surface area contributed by atoms with Crippen LogP contribution in [0.3, 0.4) is 0 Å². The molecule has 0 fully saturated rings. The third-order valence-electron chi connectivity index (χ3n) is 4.21. The smallest absolute Gasteiger partial charge is 0.236 e. The minimum absolute atomic E-state index is 0.0900. The third kappa shape index (κ3) is 4.94. The van der Waals surface area contributed by atoms with E-state index >= 15 is 0 Å². The van der Waals surface area contributed by atoms with Crippen molar-refractivity contribution in [1.29, 1.82) is 0 Å². The second kappa shape index (κ2) is 9.31. The number of rotatable bonds is 7. The summed E-state index contributed by atoms with van der Waals surface area (Å²) in [6.07, 6.45) is 0. The van der Waals surface area contributed by atoms with E-state index in [1.54, 1.807) is 24.3 Å². The van der Waals surface area contributed by atoms with E-state index in [-0.39, 0.29) is 23.3 Å². The van der Waals surface area contributed by atoms with Crippen molar-refractivity contribution in [2.75, 3.05) is 11.1 Å². The number of halogens is 2. The highest BCUT2D eigenvalue weighted by Gasteiger charge is 2.16. The molecule has 1 amide bonds. The Kier molecular flexibility index (Phi) is 6.33. The van der Waals surface area contributed by atoms with Gasteiger partial charge in [-0.2, -0.15) is 0 Å². The van der Waals surface area contributed by atoms with Crippen molar-refractivity contribution in [2.24, 2.45) is 0 Å². The van der Waals surface area contributed by atoms with E-state index in [9.17, 15) is 13.6 Å². The molecule has 2 aromatic carbocycles. The quantitative estimate of drug-likeness (QED) is 0.411. The van der Waals surface area contributed by atoms with Crippen molar-refractivity contribution >= 4 is 34.1 Å². The minimum Gasteiger partial charge on any atom is -0.302 e. The molecule has 158 valence electrons. The van der Waals surface area contributed by atoms with Gasteiger partial charge in [-0.15, -0.1) is 20.4 Å². The first kappa shape index (κ1) is 21.1. The molecular weight excluding hydrogens is 442 g/mol. The van der Waals surface area contributed by atoms with Gasteiger partial charge in [0, 0.05) is 17.7 Å². The molecule has 0 saturated heterocycles. The number of anilines is 1. The highest BCUT2D eigenvalue weighted by atomic mass is 32.2. The van der Waals surface area contributed by atoms with Crippen molar-refractivity contribution in [3.63, 3.8) is 0 Å². The van der Waals surface area contributed by atoms with Crippen molar-refractivity contribution < 1.29 is 13.6 Å². The molecule has 4 aromatic rings. The van der Waals surface area contributed by atoms with Crippen LogP contribution in [0, 0.1) is 11.6 Å². The van der Waals surface area contributed by atoms with Crippen LogP contribution in [-0.4, -0.2) is 36.6 Å². The normalized spacial score (nSPS) is 10.9. The van der Waals surface area contributed by atoms with E-state index in [1.165, 1.54) is 47.4 Å². The van der Waals surface area contributed by atoms with Crippen LogP contribution in [0.4, 0.5) is 13.9 Å². The van der Waals surface area contributed by atoms with Gasteiger partial charge < -0.3 is 4.57 Å². The van der Waals surface area contributed by atoms with E-state index in [4.69, 9.17) is 0 Å². The molecular formula is C20H16F2N6OS2. The molecule has 0 aliphatic heterocycles. The summed E-state index contributed by atoms with van der Waals surface area (Å²) in [5.41, 5.74) is 1.34. The molecule has 0 aliphatic carbocycles. The monoisotopic (exact) mass is 458 g/mol. The lowest BCUT2D eigenvalue weighted by Crippen LogP contribution is -2.14. The third-order valence-corrected chi connectivity index (χ3v) is 6.07. The van der Waals surface area contributed by atoms with Crippen molar-refractivity contribution in [3.8, 4) is 22.0 Å². The minimum atomic E-state index is -0.353. The number of hydrogen-bond acceptors (Lipinski definition) is 7. The lowest BCUT2D eigenvalue weighted by Gasteiger charge is -2.07. The second-order valence-corrected chi connectivity index (χ2v) is 8.24. The standard InChI is InChI=1S/C20H16F2N6OS2/c1-2-28-17(13-4-3-5-15(22)10-13)24-27-20(28)30-11-16(29)23-19-26-25-18(31-19)12-6-8-14(21)9-7-12/h3-10H,2,11H2,1H3,(H,23,26,29). The summed E-state index contributed by atoms with van der Waals surface area (Å²) in [6.45, 7) is 2.49. The van der Waals surface area contributed by atoms with Gasteiger partial charge in [0.25, 0.3) is 0 Å². The number of hydrogen-bond donors (Lipinski definition) is 1. The Bertz CT molecular complexity index is 1210. The van der Waals surface area contributed by atoms with Gasteiger partial charge in [0.15, 0.2) is 11.0 Å². The van der Waals surface area contributed by atoms with Crippen LogP contribution in [0.25, 0.3) is 22.0 Å². The Morgan fingerprint density at radius 1 is 1.03 bits per heavy atom. The number of benzene rings is 2. The van der Waals surface area contributed by atoms with E-state index < -0.39 is 0 Å². The Balaban J connectivity index is 1.40. The summed E-state index contributed by atoms with van der Waals surface area (Å²) < 4.78 is 28.4. The molecule has 7 nitrogen and oxygen atoms in total. The summed E-state index contributed by atoms with van der Waals surface area (Å²) in [5, 5.41) is 20.5. The summed E-state index contributed by atoms with van der Waals surface area (Å²) in [7, 11) is 0. The molecule has 4 rings (SSSR count). The van der Waals surface area contributed by atoms with Gasteiger partial charge in [0.2, 0.25) is 11.0 Å². The molecule has 0 atom stereocenters. The van der Waals surface area contributed by atoms with Crippen molar-refractivity contribution in [3.05, 3.63) is 60.2 Å². The number of nitrogens with one attached hydrogen (secondary N) is 1. The molecule has 2 heterocycles. The zero-order valence-electron chi connectivity index (χ0n) is 16.2. The SMILES string of the molecule is CCn1c(SCC(=O)Nc2nnc(-c3ccc(F)cc3)s2)nnc1-c1cccc(F)c1. The summed E-state index contributed by atoms with van der Waals surface area (Å²) >= 11 is 2.42. The molecule has 0 bridgehead atoms. The highest BCUT2D eigenvalue weighted by Crippen LogP contribution is 2.27. The van der Waals surface area contributed by atoms with Gasteiger partial charge in [-0.3, -0.25) is 10.1 Å². The number of nitrogens with zero attached hydrogens (tertiary/aromatic N) is 5.